The summed E-state index contributed by atoms with van der Waals surface area (Å²) in [5.41, 5.74) is 3.08. The molecule has 2 heterocycles. The number of carbonyl (C=O) groups is 2. The van der Waals surface area contributed by atoms with E-state index in [1.165, 1.54) is 0 Å². The fourth-order valence-electron chi connectivity index (χ4n) is 2.65. The fourth-order valence-corrected chi connectivity index (χ4v) is 2.65. The molecule has 0 fully saturated rings. The Kier molecular flexibility index (Phi) is 5.61. The fraction of sp³-hybridized carbons (Fsp3) is 0.200. The first-order chi connectivity index (χ1) is 13.0. The molecule has 3 aromatic rings. The second-order valence-electron chi connectivity index (χ2n) is 6.16. The Labute approximate surface area is 157 Å². The first-order valence-corrected chi connectivity index (χ1v) is 8.66. The molecule has 0 unspecified atom stereocenters. The lowest BCUT2D eigenvalue weighted by Gasteiger charge is -2.08. The Morgan fingerprint density at radius 3 is 2.48 bits per heavy atom. The topological polar surface area (TPSA) is 88.9 Å². The van der Waals surface area contributed by atoms with Crippen LogP contribution in [-0.4, -0.2) is 33.1 Å². The van der Waals surface area contributed by atoms with Crippen molar-refractivity contribution in [1.29, 1.82) is 0 Å². The molecule has 2 aromatic heterocycles. The molecule has 0 bridgehead atoms. The van der Waals surface area contributed by atoms with Crippen LogP contribution in [0.2, 0.25) is 0 Å². The van der Waals surface area contributed by atoms with E-state index >= 15 is 0 Å². The number of aryl methyl sites for hydroxylation is 2. The standard InChI is InChI=1S/C20H21N5O2/c1-14-12-15(2)25(24-14)18-9-8-17(13-22-18)23-19(26)10-11-21-20(27)16-6-4-3-5-7-16/h3-9,12-13H,10-11H2,1-2H3,(H,21,27)(H,23,26). The van der Waals surface area contributed by atoms with Gasteiger partial charge in [-0.05, 0) is 44.2 Å². The minimum atomic E-state index is -0.195. The Hall–Kier alpha value is -3.48. The molecule has 0 atom stereocenters. The van der Waals surface area contributed by atoms with Crippen LogP contribution in [0.1, 0.15) is 28.2 Å². The van der Waals surface area contributed by atoms with Gasteiger partial charge < -0.3 is 10.6 Å². The van der Waals surface area contributed by atoms with Crippen molar-refractivity contribution in [1.82, 2.24) is 20.1 Å². The summed E-state index contributed by atoms with van der Waals surface area (Å²) in [7, 11) is 0. The maximum absolute atomic E-state index is 12.0. The van der Waals surface area contributed by atoms with E-state index in [0.717, 1.165) is 11.4 Å². The quantitative estimate of drug-likeness (QED) is 0.705. The van der Waals surface area contributed by atoms with E-state index in [0.29, 0.717) is 17.1 Å². The molecule has 2 amide bonds. The normalized spacial score (nSPS) is 10.4. The van der Waals surface area contributed by atoms with Crippen LogP contribution < -0.4 is 10.6 Å². The highest BCUT2D eigenvalue weighted by Crippen LogP contribution is 2.12. The lowest BCUT2D eigenvalue weighted by molar-refractivity contribution is -0.116. The summed E-state index contributed by atoms with van der Waals surface area (Å²) >= 11 is 0. The molecule has 2 N–H and O–H groups in total. The van der Waals surface area contributed by atoms with Crippen LogP contribution in [0.15, 0.2) is 54.7 Å². The Morgan fingerprint density at radius 1 is 1.07 bits per heavy atom. The lowest BCUT2D eigenvalue weighted by atomic mass is 10.2. The maximum atomic E-state index is 12.0. The van der Waals surface area contributed by atoms with Gasteiger partial charge in [-0.2, -0.15) is 5.10 Å². The molecule has 7 nitrogen and oxygen atoms in total. The number of amides is 2. The van der Waals surface area contributed by atoms with E-state index in [1.54, 1.807) is 47.3 Å². The smallest absolute Gasteiger partial charge is 0.251 e. The van der Waals surface area contributed by atoms with Gasteiger partial charge in [0.15, 0.2) is 5.82 Å². The van der Waals surface area contributed by atoms with Crippen LogP contribution >= 0.6 is 0 Å². The van der Waals surface area contributed by atoms with E-state index < -0.39 is 0 Å². The number of nitrogens with zero attached hydrogens (tertiary/aromatic N) is 3. The summed E-state index contributed by atoms with van der Waals surface area (Å²) in [6, 6.07) is 14.4. The average Bonchev–Trinajstić information content (AvgIpc) is 3.01. The van der Waals surface area contributed by atoms with E-state index in [4.69, 9.17) is 0 Å². The zero-order valence-electron chi connectivity index (χ0n) is 15.3. The molecule has 27 heavy (non-hydrogen) atoms. The van der Waals surface area contributed by atoms with Crippen molar-refractivity contribution in [2.45, 2.75) is 20.3 Å². The van der Waals surface area contributed by atoms with Crippen LogP contribution in [0.4, 0.5) is 5.69 Å². The van der Waals surface area contributed by atoms with Crippen molar-refractivity contribution in [3.63, 3.8) is 0 Å². The predicted octanol–water partition coefficient (Wildman–Crippen LogP) is 2.64. The molecule has 7 heteroatoms. The first-order valence-electron chi connectivity index (χ1n) is 8.66. The van der Waals surface area contributed by atoms with E-state index in [1.807, 2.05) is 26.0 Å². The van der Waals surface area contributed by atoms with Crippen LogP contribution in [0.5, 0.6) is 0 Å². The molecule has 0 spiro atoms. The highest BCUT2D eigenvalue weighted by molar-refractivity contribution is 5.95. The molecule has 0 saturated heterocycles. The van der Waals surface area contributed by atoms with Crippen LogP contribution in [-0.2, 0) is 4.79 Å². The van der Waals surface area contributed by atoms with Gasteiger partial charge in [-0.3, -0.25) is 9.59 Å². The molecule has 0 radical (unpaired) electrons. The number of carbonyl (C=O) groups excluding carboxylic acids is 2. The van der Waals surface area contributed by atoms with Crippen molar-refractivity contribution in [2.24, 2.45) is 0 Å². The number of hydrogen-bond acceptors (Lipinski definition) is 4. The van der Waals surface area contributed by atoms with Crippen LogP contribution in [0, 0.1) is 13.8 Å². The lowest BCUT2D eigenvalue weighted by Crippen LogP contribution is -2.27. The number of nitrogens with one attached hydrogen (secondary N) is 2. The minimum Gasteiger partial charge on any atom is -0.352 e. The molecule has 0 aliphatic heterocycles. The summed E-state index contributed by atoms with van der Waals surface area (Å²) < 4.78 is 1.75. The second-order valence-corrected chi connectivity index (χ2v) is 6.16. The van der Waals surface area contributed by atoms with Gasteiger partial charge in [0.2, 0.25) is 5.91 Å². The predicted molar refractivity (Wildman–Crippen MR) is 103 cm³/mol. The van der Waals surface area contributed by atoms with Gasteiger partial charge in [-0.1, -0.05) is 18.2 Å². The number of anilines is 1. The zero-order chi connectivity index (χ0) is 19.2. The Bertz CT molecular complexity index is 933. The van der Waals surface area contributed by atoms with E-state index in [2.05, 4.69) is 20.7 Å². The van der Waals surface area contributed by atoms with Gasteiger partial charge in [0, 0.05) is 24.2 Å². The van der Waals surface area contributed by atoms with Crippen molar-refractivity contribution >= 4 is 17.5 Å². The van der Waals surface area contributed by atoms with E-state index in [-0.39, 0.29) is 24.8 Å². The Morgan fingerprint density at radius 2 is 1.85 bits per heavy atom. The van der Waals surface area contributed by atoms with Crippen LogP contribution in [0.25, 0.3) is 5.82 Å². The van der Waals surface area contributed by atoms with Gasteiger partial charge >= 0.3 is 0 Å². The molecule has 3 rings (SSSR count). The van der Waals surface area contributed by atoms with E-state index in [9.17, 15) is 9.59 Å². The zero-order valence-corrected chi connectivity index (χ0v) is 15.3. The maximum Gasteiger partial charge on any atom is 0.251 e. The highest BCUT2D eigenvalue weighted by atomic mass is 16.2. The number of aromatic nitrogens is 3. The molecule has 1 aromatic carbocycles. The average molecular weight is 363 g/mol. The monoisotopic (exact) mass is 363 g/mol. The minimum absolute atomic E-state index is 0.178. The largest absolute Gasteiger partial charge is 0.352 e. The summed E-state index contributed by atoms with van der Waals surface area (Å²) in [5, 5.41) is 9.88. The van der Waals surface area contributed by atoms with Crippen molar-refractivity contribution < 1.29 is 9.59 Å². The molecular formula is C20H21N5O2. The third-order valence-electron chi connectivity index (χ3n) is 3.93. The van der Waals surface area contributed by atoms with Gasteiger partial charge in [0.1, 0.15) is 0 Å². The van der Waals surface area contributed by atoms with Gasteiger partial charge in [0.05, 0.1) is 17.6 Å². The summed E-state index contributed by atoms with van der Waals surface area (Å²) in [4.78, 5) is 28.3. The van der Waals surface area contributed by atoms with Crippen molar-refractivity contribution in [3.8, 4) is 5.82 Å². The highest BCUT2D eigenvalue weighted by Gasteiger charge is 2.08. The summed E-state index contributed by atoms with van der Waals surface area (Å²) in [6.07, 6.45) is 1.77. The summed E-state index contributed by atoms with van der Waals surface area (Å²) in [5.74, 6) is 0.303. The first kappa shape index (κ1) is 18.3. The molecule has 0 saturated carbocycles. The van der Waals surface area contributed by atoms with Crippen LogP contribution in [0.3, 0.4) is 0 Å². The molecule has 0 aliphatic carbocycles. The molecule has 138 valence electrons. The number of pyridine rings is 1. The molecular weight excluding hydrogens is 342 g/mol. The second kappa shape index (κ2) is 8.27. The van der Waals surface area contributed by atoms with Crippen molar-refractivity contribution in [2.75, 3.05) is 11.9 Å². The number of hydrogen-bond donors (Lipinski definition) is 2. The SMILES string of the molecule is Cc1cc(C)n(-c2ccc(NC(=O)CCNC(=O)c3ccccc3)cn2)n1. The third kappa shape index (κ3) is 4.78. The summed E-state index contributed by atoms with van der Waals surface area (Å²) in [6.45, 7) is 4.15. The Balaban J connectivity index is 1.49. The van der Waals surface area contributed by atoms with Crippen molar-refractivity contribution in [3.05, 3.63) is 71.7 Å². The molecule has 0 aliphatic rings. The van der Waals surface area contributed by atoms with Gasteiger partial charge in [-0.15, -0.1) is 0 Å². The van der Waals surface area contributed by atoms with Gasteiger partial charge in [-0.25, -0.2) is 9.67 Å². The number of rotatable bonds is 6. The third-order valence-corrected chi connectivity index (χ3v) is 3.93. The number of benzene rings is 1. The van der Waals surface area contributed by atoms with Gasteiger partial charge in [0.25, 0.3) is 5.91 Å².